The molecule has 0 unspecified atom stereocenters. The summed E-state index contributed by atoms with van der Waals surface area (Å²) in [4.78, 5) is 13.8. The Balaban J connectivity index is 2.60. The van der Waals surface area contributed by atoms with Crippen LogP contribution in [0.3, 0.4) is 0 Å². The summed E-state index contributed by atoms with van der Waals surface area (Å²) < 4.78 is 24.2. The second kappa shape index (κ2) is 7.20. The number of amides is 2. The summed E-state index contributed by atoms with van der Waals surface area (Å²) in [7, 11) is 0. The van der Waals surface area contributed by atoms with E-state index in [-0.39, 0.29) is 6.03 Å². The van der Waals surface area contributed by atoms with Gasteiger partial charge in [0.25, 0.3) is 5.76 Å². The topological polar surface area (TPSA) is 32.3 Å². The summed E-state index contributed by atoms with van der Waals surface area (Å²) in [5.41, 5.74) is 0.602. The second-order valence-electron chi connectivity index (χ2n) is 3.51. The zero-order valence-corrected chi connectivity index (χ0v) is 11.1. The fourth-order valence-electron chi connectivity index (χ4n) is 1.43. The van der Waals surface area contributed by atoms with Gasteiger partial charge >= 0.3 is 6.03 Å². The van der Waals surface area contributed by atoms with Gasteiger partial charge in [-0.05, 0) is 38.1 Å². The molecule has 6 heteroatoms. The van der Waals surface area contributed by atoms with Crippen LogP contribution in [0, 0.1) is 0 Å². The van der Waals surface area contributed by atoms with Gasteiger partial charge in [0.2, 0.25) is 0 Å². The molecule has 1 N–H and O–H groups in total. The Kier molecular flexibility index (Phi) is 5.91. The van der Waals surface area contributed by atoms with E-state index in [1.807, 2.05) is 13.8 Å². The number of hydrogen-bond donors (Lipinski definition) is 1. The Morgan fingerprint density at radius 1 is 1.28 bits per heavy atom. The first-order valence-electron chi connectivity index (χ1n) is 5.67. The maximum Gasteiger partial charge on any atom is 0.321 e. The fraction of sp³-hybridized carbons (Fsp3) is 0.417. The number of carbonyl (C=O) groups is 1. The average Bonchev–Trinajstić information content (AvgIpc) is 2.32. The standard InChI is InChI=1S/C12H16F2N2OS/c1-3-16(4-2)12(17)15-9-5-7-10(8-6-9)18-11(13)14/h5-8,11H,3-4H2,1-2H3,(H,15,17). The van der Waals surface area contributed by atoms with Crippen molar-refractivity contribution in [3.05, 3.63) is 24.3 Å². The third-order valence-corrected chi connectivity index (χ3v) is 3.10. The molecular weight excluding hydrogens is 258 g/mol. The van der Waals surface area contributed by atoms with Gasteiger partial charge in [-0.2, -0.15) is 8.78 Å². The number of alkyl halides is 2. The summed E-state index contributed by atoms with van der Waals surface area (Å²) in [5, 5.41) is 2.71. The highest BCUT2D eigenvalue weighted by Crippen LogP contribution is 2.26. The molecule has 0 saturated heterocycles. The molecule has 0 aliphatic carbocycles. The monoisotopic (exact) mass is 274 g/mol. The smallest absolute Gasteiger partial charge is 0.321 e. The van der Waals surface area contributed by atoms with E-state index in [4.69, 9.17) is 0 Å². The number of rotatable bonds is 5. The molecule has 18 heavy (non-hydrogen) atoms. The van der Waals surface area contributed by atoms with Crippen molar-refractivity contribution in [3.8, 4) is 0 Å². The fourth-order valence-corrected chi connectivity index (χ4v) is 1.93. The maximum absolute atomic E-state index is 12.1. The van der Waals surface area contributed by atoms with Crippen molar-refractivity contribution in [2.75, 3.05) is 18.4 Å². The van der Waals surface area contributed by atoms with Crippen molar-refractivity contribution >= 4 is 23.5 Å². The van der Waals surface area contributed by atoms with Crippen LogP contribution in [-0.2, 0) is 0 Å². The van der Waals surface area contributed by atoms with Crippen LogP contribution in [0.25, 0.3) is 0 Å². The third-order valence-electron chi connectivity index (χ3n) is 2.38. The Hall–Kier alpha value is -1.30. The molecule has 100 valence electrons. The van der Waals surface area contributed by atoms with E-state index >= 15 is 0 Å². The van der Waals surface area contributed by atoms with E-state index < -0.39 is 5.76 Å². The van der Waals surface area contributed by atoms with Crippen molar-refractivity contribution in [2.24, 2.45) is 0 Å². The van der Waals surface area contributed by atoms with Gasteiger partial charge in [-0.1, -0.05) is 11.8 Å². The molecule has 0 atom stereocenters. The Morgan fingerprint density at radius 2 is 1.83 bits per heavy atom. The van der Waals surface area contributed by atoms with Crippen LogP contribution in [0.4, 0.5) is 19.3 Å². The number of carbonyl (C=O) groups excluding carboxylic acids is 1. The number of anilines is 1. The zero-order chi connectivity index (χ0) is 13.5. The molecular formula is C12H16F2N2OS. The largest absolute Gasteiger partial charge is 0.325 e. The molecule has 3 nitrogen and oxygen atoms in total. The first-order valence-corrected chi connectivity index (χ1v) is 6.55. The van der Waals surface area contributed by atoms with E-state index in [1.54, 1.807) is 29.2 Å². The maximum atomic E-state index is 12.1. The SMILES string of the molecule is CCN(CC)C(=O)Nc1ccc(SC(F)F)cc1. The molecule has 0 fully saturated rings. The number of benzene rings is 1. The number of hydrogen-bond acceptors (Lipinski definition) is 2. The molecule has 1 aromatic rings. The molecule has 1 rings (SSSR count). The number of urea groups is 1. The van der Waals surface area contributed by atoms with E-state index in [2.05, 4.69) is 5.32 Å². The molecule has 1 aromatic carbocycles. The van der Waals surface area contributed by atoms with Gasteiger partial charge in [-0.3, -0.25) is 0 Å². The molecule has 2 amide bonds. The first-order chi connectivity index (χ1) is 8.56. The van der Waals surface area contributed by atoms with Crippen LogP contribution < -0.4 is 5.32 Å². The van der Waals surface area contributed by atoms with Crippen LogP contribution in [-0.4, -0.2) is 29.8 Å². The summed E-state index contributed by atoms with van der Waals surface area (Å²) in [6, 6.07) is 6.18. The predicted octanol–water partition coefficient (Wildman–Crippen LogP) is 3.88. The van der Waals surface area contributed by atoms with Gasteiger partial charge in [0.05, 0.1) is 0 Å². The highest BCUT2D eigenvalue weighted by molar-refractivity contribution is 7.99. The first kappa shape index (κ1) is 14.8. The lowest BCUT2D eigenvalue weighted by molar-refractivity contribution is 0.217. The molecule has 0 heterocycles. The van der Waals surface area contributed by atoms with Gasteiger partial charge < -0.3 is 10.2 Å². The minimum atomic E-state index is -2.43. The van der Waals surface area contributed by atoms with Crippen LogP contribution >= 0.6 is 11.8 Å². The number of halogens is 2. The zero-order valence-electron chi connectivity index (χ0n) is 10.3. The van der Waals surface area contributed by atoms with Gasteiger partial charge in [-0.25, -0.2) is 4.79 Å². The summed E-state index contributed by atoms with van der Waals surface area (Å²) in [6.45, 7) is 5.04. The Morgan fingerprint density at radius 3 is 2.28 bits per heavy atom. The van der Waals surface area contributed by atoms with Crippen molar-refractivity contribution in [1.82, 2.24) is 4.90 Å². The number of thioether (sulfide) groups is 1. The molecule has 0 aromatic heterocycles. The highest BCUT2D eigenvalue weighted by atomic mass is 32.2. The van der Waals surface area contributed by atoms with E-state index in [9.17, 15) is 13.6 Å². The van der Waals surface area contributed by atoms with Crippen molar-refractivity contribution < 1.29 is 13.6 Å². The predicted molar refractivity (Wildman–Crippen MR) is 70.2 cm³/mol. The van der Waals surface area contributed by atoms with Gasteiger partial charge in [-0.15, -0.1) is 0 Å². The Labute approximate surface area is 110 Å². The van der Waals surface area contributed by atoms with Crippen molar-refractivity contribution in [3.63, 3.8) is 0 Å². The second-order valence-corrected chi connectivity index (χ2v) is 4.57. The van der Waals surface area contributed by atoms with Gasteiger partial charge in [0.15, 0.2) is 0 Å². The Bertz CT molecular complexity index is 380. The molecule has 0 radical (unpaired) electrons. The van der Waals surface area contributed by atoms with Crippen LogP contribution in [0.5, 0.6) is 0 Å². The van der Waals surface area contributed by atoms with Crippen molar-refractivity contribution in [1.29, 1.82) is 0 Å². The highest BCUT2D eigenvalue weighted by Gasteiger charge is 2.09. The third kappa shape index (κ3) is 4.52. The van der Waals surface area contributed by atoms with Gasteiger partial charge in [0.1, 0.15) is 0 Å². The van der Waals surface area contributed by atoms with Gasteiger partial charge in [0, 0.05) is 23.7 Å². The lowest BCUT2D eigenvalue weighted by atomic mass is 10.3. The molecule has 0 saturated carbocycles. The lowest BCUT2D eigenvalue weighted by Crippen LogP contribution is -2.34. The number of nitrogens with zero attached hydrogens (tertiary/aromatic N) is 1. The van der Waals surface area contributed by atoms with E-state index in [0.29, 0.717) is 35.4 Å². The molecule has 0 spiro atoms. The van der Waals surface area contributed by atoms with Crippen LogP contribution in [0.1, 0.15) is 13.8 Å². The van der Waals surface area contributed by atoms with Crippen LogP contribution in [0.2, 0.25) is 0 Å². The molecule has 0 aliphatic heterocycles. The molecule has 0 bridgehead atoms. The summed E-state index contributed by atoms with van der Waals surface area (Å²) in [5.74, 6) is -2.43. The number of nitrogens with one attached hydrogen (secondary N) is 1. The van der Waals surface area contributed by atoms with E-state index in [1.165, 1.54) is 0 Å². The minimum Gasteiger partial charge on any atom is -0.325 e. The summed E-state index contributed by atoms with van der Waals surface area (Å²) >= 11 is 0.485. The summed E-state index contributed by atoms with van der Waals surface area (Å²) in [6.07, 6.45) is 0. The minimum absolute atomic E-state index is 0.186. The van der Waals surface area contributed by atoms with E-state index in [0.717, 1.165) is 0 Å². The molecule has 0 aliphatic rings. The normalized spacial score (nSPS) is 10.5. The lowest BCUT2D eigenvalue weighted by Gasteiger charge is -2.19. The average molecular weight is 274 g/mol. The quantitative estimate of drug-likeness (QED) is 0.826. The van der Waals surface area contributed by atoms with Crippen molar-refractivity contribution in [2.45, 2.75) is 24.5 Å². The van der Waals surface area contributed by atoms with Crippen LogP contribution in [0.15, 0.2) is 29.2 Å².